The zero-order valence-corrected chi connectivity index (χ0v) is 9.98. The van der Waals surface area contributed by atoms with Crippen LogP contribution in [0.15, 0.2) is 0 Å². The Labute approximate surface area is 97.0 Å². The third-order valence-electron chi connectivity index (χ3n) is 3.88. The van der Waals surface area contributed by atoms with Crippen LogP contribution >= 0.6 is 0 Å². The largest absolute Gasteiger partial charge is 0.391 e. The van der Waals surface area contributed by atoms with E-state index < -0.39 is 0 Å². The predicted molar refractivity (Wildman–Crippen MR) is 62.0 cm³/mol. The highest BCUT2D eigenvalue weighted by atomic mass is 16.3. The second-order valence-corrected chi connectivity index (χ2v) is 5.06. The number of likely N-dealkylation sites (tertiary alicyclic amines) is 1. The molecule has 0 bridgehead atoms. The van der Waals surface area contributed by atoms with Crippen molar-refractivity contribution in [2.45, 2.75) is 44.8 Å². The molecule has 0 aromatic rings. The van der Waals surface area contributed by atoms with Crippen molar-refractivity contribution in [2.24, 2.45) is 5.92 Å². The lowest BCUT2D eigenvalue weighted by Gasteiger charge is -2.40. The Morgan fingerprint density at radius 1 is 1.38 bits per heavy atom. The number of carbonyl (C=O) groups excluding carboxylic acids is 1. The van der Waals surface area contributed by atoms with Gasteiger partial charge in [-0.1, -0.05) is 0 Å². The molecule has 3 atom stereocenters. The molecule has 16 heavy (non-hydrogen) atoms. The predicted octanol–water partition coefficient (Wildman–Crippen LogP) is 0.358. The van der Waals surface area contributed by atoms with Crippen LogP contribution in [0.4, 0.5) is 0 Å². The second-order valence-electron chi connectivity index (χ2n) is 5.06. The first-order valence-electron chi connectivity index (χ1n) is 6.35. The third kappa shape index (κ3) is 2.55. The minimum atomic E-state index is -0.231. The van der Waals surface area contributed by atoms with Gasteiger partial charge < -0.3 is 15.3 Å². The molecule has 0 spiro atoms. The molecular weight excluding hydrogens is 204 g/mol. The molecule has 2 aliphatic rings. The van der Waals surface area contributed by atoms with Gasteiger partial charge in [0.15, 0.2) is 0 Å². The van der Waals surface area contributed by atoms with Crippen LogP contribution in [0.1, 0.15) is 32.6 Å². The number of piperidine rings is 2. The molecule has 3 unspecified atom stereocenters. The van der Waals surface area contributed by atoms with E-state index in [1.807, 2.05) is 4.90 Å². The second kappa shape index (κ2) is 5.15. The summed E-state index contributed by atoms with van der Waals surface area (Å²) < 4.78 is 0. The lowest BCUT2D eigenvalue weighted by molar-refractivity contribution is -0.131. The highest BCUT2D eigenvalue weighted by Crippen LogP contribution is 2.24. The standard InChI is InChI=1S/C12H22N2O2/c1-9(15)14-7-3-4-10(8-14)12-11(16)5-2-6-13-12/h10-13,16H,2-8H2,1H3. The highest BCUT2D eigenvalue weighted by molar-refractivity contribution is 5.73. The Morgan fingerprint density at radius 3 is 2.88 bits per heavy atom. The van der Waals surface area contributed by atoms with Crippen LogP contribution in [-0.2, 0) is 4.79 Å². The summed E-state index contributed by atoms with van der Waals surface area (Å²) in [5, 5.41) is 13.4. The maximum atomic E-state index is 11.4. The van der Waals surface area contributed by atoms with Crippen molar-refractivity contribution in [3.8, 4) is 0 Å². The Kier molecular flexibility index (Phi) is 3.82. The van der Waals surface area contributed by atoms with E-state index in [2.05, 4.69) is 5.32 Å². The summed E-state index contributed by atoms with van der Waals surface area (Å²) in [4.78, 5) is 13.3. The van der Waals surface area contributed by atoms with Crippen molar-refractivity contribution in [1.29, 1.82) is 0 Å². The molecule has 2 N–H and O–H groups in total. The molecule has 1 amide bonds. The van der Waals surface area contributed by atoms with E-state index in [1.165, 1.54) is 0 Å². The fraction of sp³-hybridized carbons (Fsp3) is 0.917. The summed E-state index contributed by atoms with van der Waals surface area (Å²) in [6.07, 6.45) is 3.91. The van der Waals surface area contributed by atoms with Crippen molar-refractivity contribution in [3.63, 3.8) is 0 Å². The van der Waals surface area contributed by atoms with Crippen molar-refractivity contribution >= 4 is 5.91 Å². The first-order valence-corrected chi connectivity index (χ1v) is 6.35. The summed E-state index contributed by atoms with van der Waals surface area (Å²) in [6.45, 7) is 4.32. The highest BCUT2D eigenvalue weighted by Gasteiger charge is 2.33. The smallest absolute Gasteiger partial charge is 0.219 e. The molecule has 0 radical (unpaired) electrons. The Balaban J connectivity index is 1.95. The van der Waals surface area contributed by atoms with Crippen molar-refractivity contribution in [1.82, 2.24) is 10.2 Å². The first-order chi connectivity index (χ1) is 7.68. The van der Waals surface area contributed by atoms with Gasteiger partial charge in [0.25, 0.3) is 0 Å². The molecule has 2 rings (SSSR count). The van der Waals surface area contributed by atoms with Crippen molar-refractivity contribution in [2.75, 3.05) is 19.6 Å². The van der Waals surface area contributed by atoms with E-state index in [-0.39, 0.29) is 18.1 Å². The van der Waals surface area contributed by atoms with E-state index >= 15 is 0 Å². The molecule has 4 nitrogen and oxygen atoms in total. The van der Waals surface area contributed by atoms with Gasteiger partial charge in [-0.3, -0.25) is 4.79 Å². The molecule has 0 aromatic carbocycles. The average molecular weight is 226 g/mol. The van der Waals surface area contributed by atoms with Gasteiger partial charge in [-0.2, -0.15) is 0 Å². The quantitative estimate of drug-likeness (QED) is 0.678. The van der Waals surface area contributed by atoms with E-state index in [0.29, 0.717) is 5.92 Å². The topological polar surface area (TPSA) is 52.6 Å². The van der Waals surface area contributed by atoms with E-state index in [0.717, 1.165) is 45.3 Å². The third-order valence-corrected chi connectivity index (χ3v) is 3.88. The molecule has 0 saturated carbocycles. The van der Waals surface area contributed by atoms with Crippen LogP contribution in [0.25, 0.3) is 0 Å². The number of aliphatic hydroxyl groups is 1. The lowest BCUT2D eigenvalue weighted by Crippen LogP contribution is -2.54. The number of nitrogens with one attached hydrogen (secondary N) is 1. The lowest BCUT2D eigenvalue weighted by atomic mass is 9.84. The van der Waals surface area contributed by atoms with Crippen LogP contribution in [0.5, 0.6) is 0 Å². The minimum Gasteiger partial charge on any atom is -0.391 e. The number of rotatable bonds is 1. The summed E-state index contributed by atoms with van der Waals surface area (Å²) in [5.74, 6) is 0.586. The summed E-state index contributed by atoms with van der Waals surface area (Å²) >= 11 is 0. The number of carbonyl (C=O) groups is 1. The molecular formula is C12H22N2O2. The van der Waals surface area contributed by atoms with Crippen LogP contribution in [-0.4, -0.2) is 47.7 Å². The van der Waals surface area contributed by atoms with Gasteiger partial charge in [-0.25, -0.2) is 0 Å². The molecule has 92 valence electrons. The molecule has 2 aliphatic heterocycles. The van der Waals surface area contributed by atoms with Gasteiger partial charge in [-0.15, -0.1) is 0 Å². The number of hydrogen-bond donors (Lipinski definition) is 2. The Bertz CT molecular complexity index is 257. The molecule has 0 aromatic heterocycles. The van der Waals surface area contributed by atoms with Crippen LogP contribution < -0.4 is 5.32 Å². The normalized spacial score (nSPS) is 36.1. The minimum absolute atomic E-state index is 0.162. The van der Waals surface area contributed by atoms with Gasteiger partial charge in [-0.05, 0) is 38.1 Å². The SMILES string of the molecule is CC(=O)N1CCCC(C2NCCCC2O)C1. The fourth-order valence-electron chi connectivity index (χ4n) is 2.97. The fourth-order valence-corrected chi connectivity index (χ4v) is 2.97. The molecule has 0 aliphatic carbocycles. The van der Waals surface area contributed by atoms with E-state index in [9.17, 15) is 9.90 Å². The van der Waals surface area contributed by atoms with Crippen LogP contribution in [0, 0.1) is 5.92 Å². The zero-order chi connectivity index (χ0) is 11.5. The van der Waals surface area contributed by atoms with Gasteiger partial charge in [0.05, 0.1) is 6.10 Å². The molecule has 2 heterocycles. The maximum Gasteiger partial charge on any atom is 0.219 e. The molecule has 4 heteroatoms. The molecule has 2 fully saturated rings. The van der Waals surface area contributed by atoms with Crippen molar-refractivity contribution < 1.29 is 9.90 Å². The van der Waals surface area contributed by atoms with Gasteiger partial charge in [0.2, 0.25) is 5.91 Å². The van der Waals surface area contributed by atoms with Gasteiger partial charge in [0.1, 0.15) is 0 Å². The Hall–Kier alpha value is -0.610. The summed E-state index contributed by atoms with van der Waals surface area (Å²) in [5.41, 5.74) is 0. The maximum absolute atomic E-state index is 11.4. The van der Waals surface area contributed by atoms with Crippen molar-refractivity contribution in [3.05, 3.63) is 0 Å². The zero-order valence-electron chi connectivity index (χ0n) is 9.98. The van der Waals surface area contributed by atoms with E-state index in [4.69, 9.17) is 0 Å². The average Bonchev–Trinajstić information content (AvgIpc) is 2.30. The number of aliphatic hydroxyl groups excluding tert-OH is 1. The van der Waals surface area contributed by atoms with Gasteiger partial charge >= 0.3 is 0 Å². The van der Waals surface area contributed by atoms with Crippen LogP contribution in [0.2, 0.25) is 0 Å². The number of nitrogens with zero attached hydrogens (tertiary/aromatic N) is 1. The number of amides is 1. The number of hydrogen-bond acceptors (Lipinski definition) is 3. The summed E-state index contributed by atoms with van der Waals surface area (Å²) in [7, 11) is 0. The van der Waals surface area contributed by atoms with Crippen LogP contribution in [0.3, 0.4) is 0 Å². The van der Waals surface area contributed by atoms with Gasteiger partial charge in [0, 0.05) is 26.1 Å². The Morgan fingerprint density at radius 2 is 2.19 bits per heavy atom. The monoisotopic (exact) mass is 226 g/mol. The van der Waals surface area contributed by atoms with E-state index in [1.54, 1.807) is 6.92 Å². The summed E-state index contributed by atoms with van der Waals surface area (Å²) in [6, 6.07) is 0.191. The first kappa shape index (κ1) is 11.9. The molecule has 2 saturated heterocycles.